The molecule has 2 aliphatic rings. The molecule has 1 N–H and O–H groups in total. The summed E-state index contributed by atoms with van der Waals surface area (Å²) in [5, 5.41) is 3.08. The van der Waals surface area contributed by atoms with Gasteiger partial charge in [0.15, 0.2) is 11.2 Å². The number of alkyl halides is 3. The van der Waals surface area contributed by atoms with Gasteiger partial charge in [-0.25, -0.2) is 0 Å². The second-order valence-electron chi connectivity index (χ2n) is 4.72. The molecule has 3 rings (SSSR count). The number of fused-ring (bicyclic) bond motifs is 1. The van der Waals surface area contributed by atoms with Crippen molar-refractivity contribution < 1.29 is 27.5 Å². The van der Waals surface area contributed by atoms with Crippen LogP contribution < -0.4 is 10.1 Å². The van der Waals surface area contributed by atoms with E-state index in [0.717, 1.165) is 12.1 Å². The Labute approximate surface area is 132 Å². The number of halogens is 3. The van der Waals surface area contributed by atoms with Crippen LogP contribution in [-0.2, 0) is 9.59 Å². The van der Waals surface area contributed by atoms with Crippen molar-refractivity contribution in [1.82, 2.24) is 4.90 Å². The Morgan fingerprint density at radius 1 is 1.26 bits per heavy atom. The molecule has 10 heteroatoms. The summed E-state index contributed by atoms with van der Waals surface area (Å²) < 4.78 is 40.0. The molecular weight excluding hydrogens is 335 g/mol. The molecule has 6 nitrogen and oxygen atoms in total. The first-order chi connectivity index (χ1) is 10.8. The zero-order chi connectivity index (χ0) is 16.6. The number of nitrogens with zero attached hydrogens (tertiary/aromatic N) is 2. The standard InChI is InChI=1S/C13H10F3N3O3S/c14-13(15,16)22-8-3-1-7(2-4-8)17-9-10(20)18-12-19(11(9)21)5-6-23-12/h1-4,9,17H,5-6H2. The normalized spacial score (nSPS) is 21.1. The van der Waals surface area contributed by atoms with Crippen molar-refractivity contribution in [2.75, 3.05) is 17.6 Å². The van der Waals surface area contributed by atoms with E-state index >= 15 is 0 Å². The number of amidine groups is 1. The van der Waals surface area contributed by atoms with Gasteiger partial charge in [0.1, 0.15) is 5.75 Å². The first-order valence-corrected chi connectivity index (χ1v) is 7.51. The Balaban J connectivity index is 1.72. The number of nitrogens with one attached hydrogen (secondary N) is 1. The number of benzene rings is 1. The summed E-state index contributed by atoms with van der Waals surface area (Å²) in [5.41, 5.74) is 0.316. The summed E-state index contributed by atoms with van der Waals surface area (Å²) in [4.78, 5) is 29.4. The lowest BCUT2D eigenvalue weighted by atomic mass is 10.2. The van der Waals surface area contributed by atoms with Crippen LogP contribution in [0.4, 0.5) is 18.9 Å². The summed E-state index contributed by atoms with van der Waals surface area (Å²) >= 11 is 1.33. The van der Waals surface area contributed by atoms with Gasteiger partial charge in [0.05, 0.1) is 0 Å². The zero-order valence-corrected chi connectivity index (χ0v) is 12.3. The second-order valence-corrected chi connectivity index (χ2v) is 5.78. The molecule has 2 heterocycles. The number of anilines is 1. The maximum Gasteiger partial charge on any atom is 0.573 e. The fourth-order valence-electron chi connectivity index (χ4n) is 2.16. The molecule has 0 spiro atoms. The quantitative estimate of drug-likeness (QED) is 0.847. The largest absolute Gasteiger partial charge is 0.573 e. The fourth-order valence-corrected chi connectivity index (χ4v) is 3.11. The third-order valence-corrected chi connectivity index (χ3v) is 4.10. The van der Waals surface area contributed by atoms with E-state index in [0.29, 0.717) is 23.2 Å². The number of ether oxygens (including phenoxy) is 1. The molecule has 122 valence electrons. The van der Waals surface area contributed by atoms with Gasteiger partial charge in [-0.2, -0.15) is 4.99 Å². The Bertz CT molecular complexity index is 675. The highest BCUT2D eigenvalue weighted by Crippen LogP contribution is 2.26. The number of hydrogen-bond acceptors (Lipinski definition) is 5. The van der Waals surface area contributed by atoms with E-state index in [1.807, 2.05) is 0 Å². The smallest absolute Gasteiger partial charge is 0.406 e. The van der Waals surface area contributed by atoms with Crippen LogP contribution in [0, 0.1) is 0 Å². The van der Waals surface area contributed by atoms with Gasteiger partial charge in [-0.3, -0.25) is 14.5 Å². The van der Waals surface area contributed by atoms with Gasteiger partial charge in [0.2, 0.25) is 0 Å². The molecule has 1 aromatic rings. The number of thioether (sulfide) groups is 1. The molecule has 1 aromatic carbocycles. The maximum atomic E-state index is 12.3. The van der Waals surface area contributed by atoms with Gasteiger partial charge in [-0.05, 0) is 24.3 Å². The van der Waals surface area contributed by atoms with Gasteiger partial charge >= 0.3 is 6.36 Å². The topological polar surface area (TPSA) is 71.0 Å². The summed E-state index contributed by atoms with van der Waals surface area (Å²) in [6.45, 7) is 0.478. The molecule has 23 heavy (non-hydrogen) atoms. The lowest BCUT2D eigenvalue weighted by Crippen LogP contribution is -2.51. The molecule has 0 saturated carbocycles. The summed E-state index contributed by atoms with van der Waals surface area (Å²) in [5.74, 6) is -0.749. The van der Waals surface area contributed by atoms with Crippen LogP contribution >= 0.6 is 11.8 Å². The van der Waals surface area contributed by atoms with Crippen molar-refractivity contribution in [1.29, 1.82) is 0 Å². The van der Waals surface area contributed by atoms with Crippen molar-refractivity contribution in [3.63, 3.8) is 0 Å². The average molecular weight is 345 g/mol. The van der Waals surface area contributed by atoms with Crippen molar-refractivity contribution in [2.45, 2.75) is 12.4 Å². The SMILES string of the molecule is O=C1N=C2SCCN2C(=O)C1Nc1ccc(OC(F)(F)F)cc1. The number of hydrogen-bond donors (Lipinski definition) is 1. The van der Waals surface area contributed by atoms with Crippen molar-refractivity contribution >= 4 is 34.4 Å². The van der Waals surface area contributed by atoms with Gasteiger partial charge in [0.25, 0.3) is 11.8 Å². The minimum absolute atomic E-state index is 0.316. The van der Waals surface area contributed by atoms with Gasteiger partial charge in [0, 0.05) is 18.0 Å². The highest BCUT2D eigenvalue weighted by Gasteiger charge is 2.40. The van der Waals surface area contributed by atoms with Gasteiger partial charge in [-0.15, -0.1) is 13.2 Å². The molecule has 1 saturated heterocycles. The summed E-state index contributed by atoms with van der Waals surface area (Å²) in [6.07, 6.45) is -4.78. The number of carbonyl (C=O) groups is 2. The summed E-state index contributed by atoms with van der Waals surface area (Å²) in [6, 6.07) is 3.59. The van der Waals surface area contributed by atoms with Crippen LogP contribution in [0.1, 0.15) is 0 Å². The average Bonchev–Trinajstić information content (AvgIpc) is 2.92. The zero-order valence-electron chi connectivity index (χ0n) is 11.5. The lowest BCUT2D eigenvalue weighted by molar-refractivity contribution is -0.274. The molecule has 2 amide bonds. The van der Waals surface area contributed by atoms with E-state index in [-0.39, 0.29) is 5.75 Å². The number of aliphatic imine (C=N–C) groups is 1. The van der Waals surface area contributed by atoms with Gasteiger partial charge in [-0.1, -0.05) is 11.8 Å². The Morgan fingerprint density at radius 2 is 1.96 bits per heavy atom. The van der Waals surface area contributed by atoms with Crippen LogP contribution in [-0.4, -0.2) is 46.6 Å². The molecule has 0 bridgehead atoms. The second kappa shape index (κ2) is 5.76. The van der Waals surface area contributed by atoms with Crippen LogP contribution in [0.25, 0.3) is 0 Å². The lowest BCUT2D eigenvalue weighted by Gasteiger charge is -2.26. The molecule has 0 aliphatic carbocycles. The maximum absolute atomic E-state index is 12.3. The molecule has 1 unspecified atom stereocenters. The number of carbonyl (C=O) groups excluding carboxylic acids is 2. The first-order valence-electron chi connectivity index (χ1n) is 6.52. The Morgan fingerprint density at radius 3 is 2.61 bits per heavy atom. The van der Waals surface area contributed by atoms with E-state index < -0.39 is 24.2 Å². The van der Waals surface area contributed by atoms with E-state index in [2.05, 4.69) is 15.0 Å². The van der Waals surface area contributed by atoms with E-state index in [4.69, 9.17) is 0 Å². The van der Waals surface area contributed by atoms with E-state index in [9.17, 15) is 22.8 Å². The van der Waals surface area contributed by atoms with Crippen LogP contribution in [0.3, 0.4) is 0 Å². The molecule has 1 fully saturated rings. The fraction of sp³-hybridized carbons (Fsp3) is 0.308. The van der Waals surface area contributed by atoms with E-state index in [1.165, 1.54) is 28.8 Å². The monoisotopic (exact) mass is 345 g/mol. The van der Waals surface area contributed by atoms with Gasteiger partial charge < -0.3 is 10.1 Å². The van der Waals surface area contributed by atoms with Crippen molar-refractivity contribution in [3.8, 4) is 5.75 Å². The highest BCUT2D eigenvalue weighted by atomic mass is 32.2. The van der Waals surface area contributed by atoms with E-state index in [1.54, 1.807) is 0 Å². The summed E-state index contributed by atoms with van der Waals surface area (Å²) in [7, 11) is 0. The third kappa shape index (κ3) is 3.41. The van der Waals surface area contributed by atoms with Crippen LogP contribution in [0.5, 0.6) is 5.75 Å². The first kappa shape index (κ1) is 15.7. The van der Waals surface area contributed by atoms with Crippen LogP contribution in [0.2, 0.25) is 0 Å². The predicted molar refractivity (Wildman–Crippen MR) is 77.1 cm³/mol. The number of rotatable bonds is 3. The molecule has 2 aliphatic heterocycles. The molecule has 0 radical (unpaired) electrons. The molecule has 1 atom stereocenters. The minimum atomic E-state index is -4.78. The van der Waals surface area contributed by atoms with Crippen LogP contribution in [0.15, 0.2) is 29.3 Å². The molecule has 0 aromatic heterocycles. The Kier molecular flexibility index (Phi) is 3.92. The minimum Gasteiger partial charge on any atom is -0.406 e. The Hall–Kier alpha value is -2.23. The number of amides is 2. The highest BCUT2D eigenvalue weighted by molar-refractivity contribution is 8.14. The van der Waals surface area contributed by atoms with Crippen molar-refractivity contribution in [3.05, 3.63) is 24.3 Å². The van der Waals surface area contributed by atoms with Crippen molar-refractivity contribution in [2.24, 2.45) is 4.99 Å². The predicted octanol–water partition coefficient (Wildman–Crippen LogP) is 1.84. The third-order valence-electron chi connectivity index (χ3n) is 3.14. The molecular formula is C13H10F3N3O3S.